The van der Waals surface area contributed by atoms with Crippen molar-refractivity contribution >= 4 is 0 Å². The van der Waals surface area contributed by atoms with Gasteiger partial charge in [-0.2, -0.15) is 0 Å². The van der Waals surface area contributed by atoms with Crippen molar-refractivity contribution in [1.29, 1.82) is 0 Å². The van der Waals surface area contributed by atoms with E-state index in [-0.39, 0.29) is 0 Å². The van der Waals surface area contributed by atoms with Crippen molar-refractivity contribution in [1.82, 2.24) is 5.32 Å². The van der Waals surface area contributed by atoms with E-state index < -0.39 is 0 Å². The topological polar surface area (TPSA) is 12.0 Å². The van der Waals surface area contributed by atoms with Crippen LogP contribution in [0.25, 0.3) is 0 Å². The van der Waals surface area contributed by atoms with Crippen LogP contribution in [0, 0.1) is 5.41 Å². The second-order valence-electron chi connectivity index (χ2n) is 5.33. The van der Waals surface area contributed by atoms with E-state index in [4.69, 9.17) is 0 Å². The molecule has 0 spiro atoms. The Labute approximate surface area is 90.0 Å². The Bertz CT molecular complexity index is 165. The summed E-state index contributed by atoms with van der Waals surface area (Å²) in [5.41, 5.74) is 1.76. The quantitative estimate of drug-likeness (QED) is 0.639. The van der Waals surface area contributed by atoms with Crippen molar-refractivity contribution in [2.45, 2.75) is 59.9 Å². The highest BCUT2D eigenvalue weighted by molar-refractivity contribution is 4.97. The molecule has 1 unspecified atom stereocenters. The van der Waals surface area contributed by atoms with Gasteiger partial charge in [-0.05, 0) is 31.2 Å². The second kappa shape index (κ2) is 6.23. The molecule has 1 nitrogen and oxygen atoms in total. The van der Waals surface area contributed by atoms with Crippen LogP contribution in [0.3, 0.4) is 0 Å². The van der Waals surface area contributed by atoms with E-state index in [0.29, 0.717) is 11.5 Å². The molecule has 0 aromatic carbocycles. The molecule has 0 fully saturated rings. The molecule has 0 aliphatic carbocycles. The summed E-state index contributed by atoms with van der Waals surface area (Å²) in [5.74, 6) is 0. The predicted molar refractivity (Wildman–Crippen MR) is 65.6 cm³/mol. The minimum absolute atomic E-state index is 0.404. The zero-order valence-corrected chi connectivity index (χ0v) is 10.6. The Hall–Kier alpha value is -0.300. The number of hydrogen-bond donors (Lipinski definition) is 1. The summed E-state index contributed by atoms with van der Waals surface area (Å²) < 4.78 is 0. The maximum Gasteiger partial charge on any atom is 0.0109 e. The summed E-state index contributed by atoms with van der Waals surface area (Å²) in [7, 11) is 0. The first kappa shape index (κ1) is 13.7. The largest absolute Gasteiger partial charge is 0.314 e. The summed E-state index contributed by atoms with van der Waals surface area (Å²) in [6.45, 7) is 16.4. The van der Waals surface area contributed by atoms with Gasteiger partial charge in [0.1, 0.15) is 0 Å². The van der Waals surface area contributed by atoms with Gasteiger partial charge in [0.2, 0.25) is 0 Å². The molecule has 1 N–H and O–H groups in total. The van der Waals surface area contributed by atoms with Crippen LogP contribution in [-0.2, 0) is 0 Å². The first-order valence-corrected chi connectivity index (χ1v) is 5.79. The monoisotopic (exact) mass is 197 g/mol. The molecule has 14 heavy (non-hydrogen) atoms. The highest BCUT2D eigenvalue weighted by atomic mass is 14.9. The van der Waals surface area contributed by atoms with Crippen molar-refractivity contribution < 1.29 is 0 Å². The maximum absolute atomic E-state index is 4.09. The zero-order chi connectivity index (χ0) is 11.2. The highest BCUT2D eigenvalue weighted by Gasteiger charge is 2.18. The van der Waals surface area contributed by atoms with Crippen LogP contribution >= 0.6 is 0 Å². The Balaban J connectivity index is 4.08. The van der Waals surface area contributed by atoms with Gasteiger partial charge in [-0.15, -0.1) is 0 Å². The van der Waals surface area contributed by atoms with Crippen LogP contribution in [0.5, 0.6) is 0 Å². The molecule has 0 aromatic heterocycles. The summed E-state index contributed by atoms with van der Waals surface area (Å²) >= 11 is 0. The third-order valence-electron chi connectivity index (χ3n) is 2.39. The Morgan fingerprint density at radius 3 is 2.21 bits per heavy atom. The molecular weight excluding hydrogens is 170 g/mol. The van der Waals surface area contributed by atoms with Gasteiger partial charge in [-0.25, -0.2) is 0 Å². The molecule has 0 bridgehead atoms. The lowest BCUT2D eigenvalue weighted by Crippen LogP contribution is -2.33. The summed E-state index contributed by atoms with van der Waals surface area (Å²) in [6, 6.07) is 0.604. The lowest BCUT2D eigenvalue weighted by Gasteiger charge is -2.27. The second-order valence-corrected chi connectivity index (χ2v) is 5.33. The number of hydrogen-bond acceptors (Lipinski definition) is 1. The smallest absolute Gasteiger partial charge is 0.0109 e. The van der Waals surface area contributed by atoms with Gasteiger partial charge in [0, 0.05) is 6.04 Å². The molecule has 84 valence electrons. The lowest BCUT2D eigenvalue weighted by molar-refractivity contribution is 0.308. The van der Waals surface area contributed by atoms with Crippen LogP contribution in [0.4, 0.5) is 0 Å². The van der Waals surface area contributed by atoms with E-state index in [1.165, 1.54) is 12.0 Å². The van der Waals surface area contributed by atoms with Crippen LogP contribution in [0.2, 0.25) is 0 Å². The third-order valence-corrected chi connectivity index (χ3v) is 2.39. The SMILES string of the molecule is C=C(CC)CC(CC(C)(C)C)NCC. The molecule has 1 atom stereocenters. The Morgan fingerprint density at radius 2 is 1.86 bits per heavy atom. The number of nitrogens with one attached hydrogen (secondary N) is 1. The normalized spacial score (nSPS) is 14.1. The third kappa shape index (κ3) is 7.14. The predicted octanol–water partition coefficient (Wildman–Crippen LogP) is 3.76. The van der Waals surface area contributed by atoms with Crippen LogP contribution < -0.4 is 5.32 Å². The summed E-state index contributed by atoms with van der Waals surface area (Å²) in [5, 5.41) is 3.54. The van der Waals surface area contributed by atoms with Crippen molar-refractivity contribution in [2.24, 2.45) is 5.41 Å². The van der Waals surface area contributed by atoms with Crippen molar-refractivity contribution in [3.05, 3.63) is 12.2 Å². The summed E-state index contributed by atoms with van der Waals surface area (Å²) in [4.78, 5) is 0. The average Bonchev–Trinajstić information content (AvgIpc) is 2.01. The van der Waals surface area contributed by atoms with E-state index in [1.807, 2.05) is 0 Å². The molecule has 0 amide bonds. The standard InChI is InChI=1S/C13H27N/c1-7-11(3)9-12(14-8-2)10-13(4,5)6/h12,14H,3,7-10H2,1-2,4-6H3. The molecule has 1 heteroatoms. The molecule has 0 heterocycles. The van der Waals surface area contributed by atoms with Crippen molar-refractivity contribution in [2.75, 3.05) is 6.54 Å². The molecule has 0 aliphatic rings. The minimum Gasteiger partial charge on any atom is -0.314 e. The Kier molecular flexibility index (Phi) is 6.10. The fourth-order valence-corrected chi connectivity index (χ4v) is 1.74. The minimum atomic E-state index is 0.404. The van der Waals surface area contributed by atoms with Gasteiger partial charge in [-0.1, -0.05) is 46.8 Å². The highest BCUT2D eigenvalue weighted by Crippen LogP contribution is 2.24. The summed E-state index contributed by atoms with van der Waals surface area (Å²) in [6.07, 6.45) is 3.45. The molecule has 0 rings (SSSR count). The van der Waals surface area contributed by atoms with E-state index in [2.05, 4.69) is 46.5 Å². The van der Waals surface area contributed by atoms with E-state index in [9.17, 15) is 0 Å². The Morgan fingerprint density at radius 1 is 1.29 bits per heavy atom. The van der Waals surface area contributed by atoms with Gasteiger partial charge in [0.15, 0.2) is 0 Å². The van der Waals surface area contributed by atoms with Crippen LogP contribution in [-0.4, -0.2) is 12.6 Å². The van der Waals surface area contributed by atoms with Gasteiger partial charge in [-0.3, -0.25) is 0 Å². The van der Waals surface area contributed by atoms with E-state index >= 15 is 0 Å². The molecule has 0 saturated carbocycles. The lowest BCUT2D eigenvalue weighted by atomic mass is 9.85. The van der Waals surface area contributed by atoms with Gasteiger partial charge >= 0.3 is 0 Å². The van der Waals surface area contributed by atoms with Crippen molar-refractivity contribution in [3.63, 3.8) is 0 Å². The average molecular weight is 197 g/mol. The van der Waals surface area contributed by atoms with Crippen LogP contribution in [0.15, 0.2) is 12.2 Å². The van der Waals surface area contributed by atoms with Gasteiger partial charge < -0.3 is 5.32 Å². The molecular formula is C13H27N. The molecule has 0 aromatic rings. The molecule has 0 aliphatic heterocycles. The fourth-order valence-electron chi connectivity index (χ4n) is 1.74. The zero-order valence-electron chi connectivity index (χ0n) is 10.6. The number of rotatable bonds is 6. The molecule has 0 saturated heterocycles. The maximum atomic E-state index is 4.09. The van der Waals surface area contributed by atoms with E-state index in [1.54, 1.807) is 0 Å². The first-order valence-electron chi connectivity index (χ1n) is 5.79. The van der Waals surface area contributed by atoms with Gasteiger partial charge in [0.25, 0.3) is 0 Å². The van der Waals surface area contributed by atoms with Gasteiger partial charge in [0.05, 0.1) is 0 Å². The van der Waals surface area contributed by atoms with Crippen LogP contribution in [0.1, 0.15) is 53.9 Å². The molecule has 0 radical (unpaired) electrons. The first-order chi connectivity index (χ1) is 6.39. The fraction of sp³-hybridized carbons (Fsp3) is 0.846. The van der Waals surface area contributed by atoms with Crippen molar-refractivity contribution in [3.8, 4) is 0 Å². The van der Waals surface area contributed by atoms with E-state index in [0.717, 1.165) is 19.4 Å².